The number of carbonyl (C=O) groups excluding carboxylic acids is 2. The summed E-state index contributed by atoms with van der Waals surface area (Å²) in [5.74, 6) is 1.72. The molecule has 1 saturated heterocycles. The van der Waals surface area contributed by atoms with Gasteiger partial charge in [-0.2, -0.15) is 0 Å². The molecule has 0 aromatic heterocycles. The summed E-state index contributed by atoms with van der Waals surface area (Å²) in [5, 5.41) is 3.11. The summed E-state index contributed by atoms with van der Waals surface area (Å²) in [6.45, 7) is 3.73. The Balaban J connectivity index is 1.39. The van der Waals surface area contributed by atoms with Crippen molar-refractivity contribution in [3.05, 3.63) is 0 Å². The van der Waals surface area contributed by atoms with Crippen LogP contribution < -0.4 is 5.32 Å². The average molecular weight is 292 g/mol. The second kappa shape index (κ2) is 6.37. The maximum Gasteiger partial charge on any atom is 0.225 e. The summed E-state index contributed by atoms with van der Waals surface area (Å²) in [4.78, 5) is 26.1. The zero-order valence-corrected chi connectivity index (χ0v) is 13.1. The zero-order valence-electron chi connectivity index (χ0n) is 13.1. The summed E-state index contributed by atoms with van der Waals surface area (Å²) < 4.78 is 0. The predicted octanol–water partition coefficient (Wildman–Crippen LogP) is 2.33. The van der Waals surface area contributed by atoms with Crippen LogP contribution in [0.15, 0.2) is 0 Å². The number of hydrogen-bond donors (Lipinski definition) is 1. The Hall–Kier alpha value is -1.06. The fourth-order valence-corrected chi connectivity index (χ4v) is 3.88. The molecular weight excluding hydrogens is 264 g/mol. The minimum atomic E-state index is -0.106. The summed E-state index contributed by atoms with van der Waals surface area (Å²) in [7, 11) is 0. The molecule has 0 radical (unpaired) electrons. The van der Waals surface area contributed by atoms with Gasteiger partial charge in [0.05, 0.1) is 5.92 Å². The van der Waals surface area contributed by atoms with Crippen LogP contribution >= 0.6 is 0 Å². The van der Waals surface area contributed by atoms with Gasteiger partial charge in [-0.1, -0.05) is 26.2 Å². The molecule has 1 aliphatic heterocycles. The van der Waals surface area contributed by atoms with Crippen molar-refractivity contribution in [2.24, 2.45) is 17.8 Å². The van der Waals surface area contributed by atoms with Crippen LogP contribution in [0.3, 0.4) is 0 Å². The molecule has 3 aliphatic rings. The van der Waals surface area contributed by atoms with Crippen LogP contribution in [-0.4, -0.2) is 35.8 Å². The van der Waals surface area contributed by atoms with Gasteiger partial charge in [-0.25, -0.2) is 0 Å². The van der Waals surface area contributed by atoms with E-state index in [4.69, 9.17) is 0 Å². The van der Waals surface area contributed by atoms with Crippen molar-refractivity contribution in [2.45, 2.75) is 64.3 Å². The van der Waals surface area contributed by atoms with Crippen LogP contribution in [0.5, 0.6) is 0 Å². The average Bonchev–Trinajstić information content (AvgIpc) is 3.28. The van der Waals surface area contributed by atoms with E-state index < -0.39 is 0 Å². The number of hydrogen-bond acceptors (Lipinski definition) is 2. The van der Waals surface area contributed by atoms with Crippen molar-refractivity contribution in [3.8, 4) is 0 Å². The standard InChI is InChI=1S/C17H28N2O2/c1-2-12-3-5-13(6-4-12)10-18-17(21)14-9-16(20)19(11-14)15-7-8-15/h12-15H,2-11H2,1H3,(H,18,21). The van der Waals surface area contributed by atoms with Gasteiger partial charge in [0, 0.05) is 25.6 Å². The molecular formula is C17H28N2O2. The van der Waals surface area contributed by atoms with Crippen LogP contribution in [0.25, 0.3) is 0 Å². The van der Waals surface area contributed by atoms with Gasteiger partial charge in [0.1, 0.15) is 0 Å². The molecule has 1 unspecified atom stereocenters. The summed E-state index contributed by atoms with van der Waals surface area (Å²) in [5.41, 5.74) is 0. The quantitative estimate of drug-likeness (QED) is 0.845. The highest BCUT2D eigenvalue weighted by molar-refractivity contribution is 5.89. The molecule has 4 heteroatoms. The molecule has 21 heavy (non-hydrogen) atoms. The largest absolute Gasteiger partial charge is 0.356 e. The van der Waals surface area contributed by atoms with Crippen LogP contribution in [0.2, 0.25) is 0 Å². The Kier molecular flexibility index (Phi) is 4.51. The first-order valence-electron chi connectivity index (χ1n) is 8.74. The number of nitrogens with one attached hydrogen (secondary N) is 1. The molecule has 3 fully saturated rings. The molecule has 0 spiro atoms. The first-order chi connectivity index (χ1) is 10.2. The number of likely N-dealkylation sites (tertiary alicyclic amines) is 1. The molecule has 3 rings (SSSR count). The fraction of sp³-hybridized carbons (Fsp3) is 0.882. The summed E-state index contributed by atoms with van der Waals surface area (Å²) >= 11 is 0. The van der Waals surface area contributed by atoms with E-state index in [1.54, 1.807) is 0 Å². The highest BCUT2D eigenvalue weighted by Crippen LogP contribution is 2.33. The molecule has 2 saturated carbocycles. The lowest BCUT2D eigenvalue weighted by Crippen LogP contribution is -2.37. The Morgan fingerprint density at radius 3 is 2.43 bits per heavy atom. The van der Waals surface area contributed by atoms with E-state index in [-0.39, 0.29) is 17.7 Å². The first-order valence-corrected chi connectivity index (χ1v) is 8.74. The topological polar surface area (TPSA) is 49.4 Å². The molecule has 1 N–H and O–H groups in total. The lowest BCUT2D eigenvalue weighted by atomic mass is 9.81. The monoisotopic (exact) mass is 292 g/mol. The van der Waals surface area contributed by atoms with E-state index in [1.807, 2.05) is 4.90 Å². The van der Waals surface area contributed by atoms with E-state index in [0.717, 1.165) is 25.3 Å². The van der Waals surface area contributed by atoms with Gasteiger partial charge in [0.2, 0.25) is 11.8 Å². The number of nitrogens with zero attached hydrogens (tertiary/aromatic N) is 1. The van der Waals surface area contributed by atoms with Gasteiger partial charge >= 0.3 is 0 Å². The molecule has 4 nitrogen and oxygen atoms in total. The Bertz CT molecular complexity index is 398. The molecule has 0 aromatic carbocycles. The highest BCUT2D eigenvalue weighted by atomic mass is 16.2. The molecule has 1 heterocycles. The Morgan fingerprint density at radius 2 is 1.81 bits per heavy atom. The SMILES string of the molecule is CCC1CCC(CNC(=O)C2CC(=O)N(C3CC3)C2)CC1. The maximum absolute atomic E-state index is 12.3. The van der Waals surface area contributed by atoms with Gasteiger partial charge in [-0.3, -0.25) is 9.59 Å². The Morgan fingerprint density at radius 1 is 1.14 bits per heavy atom. The fourth-order valence-electron chi connectivity index (χ4n) is 3.88. The van der Waals surface area contributed by atoms with Gasteiger partial charge in [-0.05, 0) is 37.5 Å². The number of rotatable bonds is 5. The smallest absolute Gasteiger partial charge is 0.225 e. The van der Waals surface area contributed by atoms with Crippen molar-refractivity contribution >= 4 is 11.8 Å². The van der Waals surface area contributed by atoms with Crippen LogP contribution in [0, 0.1) is 17.8 Å². The van der Waals surface area contributed by atoms with Gasteiger partial charge in [0.15, 0.2) is 0 Å². The van der Waals surface area contributed by atoms with Crippen molar-refractivity contribution in [1.82, 2.24) is 10.2 Å². The van der Waals surface area contributed by atoms with E-state index in [9.17, 15) is 9.59 Å². The molecule has 2 amide bonds. The number of carbonyl (C=O) groups is 2. The van der Waals surface area contributed by atoms with Gasteiger partial charge in [-0.15, -0.1) is 0 Å². The van der Waals surface area contributed by atoms with Crippen molar-refractivity contribution in [2.75, 3.05) is 13.1 Å². The van der Waals surface area contributed by atoms with Crippen LogP contribution in [0.4, 0.5) is 0 Å². The second-order valence-electron chi connectivity index (χ2n) is 7.22. The van der Waals surface area contributed by atoms with Crippen molar-refractivity contribution in [1.29, 1.82) is 0 Å². The van der Waals surface area contributed by atoms with E-state index >= 15 is 0 Å². The third-order valence-corrected chi connectivity index (χ3v) is 5.63. The van der Waals surface area contributed by atoms with E-state index in [2.05, 4.69) is 12.2 Å². The lowest BCUT2D eigenvalue weighted by molar-refractivity contribution is -0.129. The van der Waals surface area contributed by atoms with Crippen molar-refractivity contribution in [3.63, 3.8) is 0 Å². The highest BCUT2D eigenvalue weighted by Gasteiger charge is 2.41. The second-order valence-corrected chi connectivity index (χ2v) is 7.22. The van der Waals surface area contributed by atoms with Crippen LogP contribution in [0.1, 0.15) is 58.3 Å². The maximum atomic E-state index is 12.3. The molecule has 0 bridgehead atoms. The predicted molar refractivity (Wildman–Crippen MR) is 81.6 cm³/mol. The zero-order chi connectivity index (χ0) is 14.8. The summed E-state index contributed by atoms with van der Waals surface area (Å²) in [6.07, 6.45) is 9.09. The molecule has 1 atom stereocenters. The van der Waals surface area contributed by atoms with Gasteiger partial charge in [0.25, 0.3) is 0 Å². The minimum absolute atomic E-state index is 0.101. The summed E-state index contributed by atoms with van der Waals surface area (Å²) in [6, 6.07) is 0.444. The minimum Gasteiger partial charge on any atom is -0.356 e. The third-order valence-electron chi connectivity index (χ3n) is 5.63. The molecule has 2 aliphatic carbocycles. The first kappa shape index (κ1) is 14.9. The lowest BCUT2D eigenvalue weighted by Gasteiger charge is -2.28. The van der Waals surface area contributed by atoms with E-state index in [1.165, 1.54) is 32.1 Å². The van der Waals surface area contributed by atoms with Crippen molar-refractivity contribution < 1.29 is 9.59 Å². The number of amides is 2. The van der Waals surface area contributed by atoms with Gasteiger partial charge < -0.3 is 10.2 Å². The van der Waals surface area contributed by atoms with E-state index in [0.29, 0.717) is 24.9 Å². The molecule has 0 aromatic rings. The normalized spacial score (nSPS) is 33.3. The molecule has 118 valence electrons. The third kappa shape index (κ3) is 3.58. The van der Waals surface area contributed by atoms with Crippen LogP contribution in [-0.2, 0) is 9.59 Å². The Labute approximate surface area is 127 Å².